The third-order valence-corrected chi connectivity index (χ3v) is 4.62. The minimum Gasteiger partial charge on any atom is -0.340 e. The van der Waals surface area contributed by atoms with Gasteiger partial charge in [-0.2, -0.15) is 0 Å². The van der Waals surface area contributed by atoms with Crippen molar-refractivity contribution in [1.82, 2.24) is 9.80 Å². The molecule has 1 aliphatic heterocycles. The van der Waals surface area contributed by atoms with E-state index in [0.29, 0.717) is 0 Å². The second-order valence-corrected chi connectivity index (χ2v) is 6.71. The summed E-state index contributed by atoms with van der Waals surface area (Å²) in [5.41, 5.74) is 0.783. The van der Waals surface area contributed by atoms with Crippen molar-refractivity contribution >= 4 is 33.2 Å². The minimum atomic E-state index is 0.117. The molecule has 94 valence electrons. The first-order valence-corrected chi connectivity index (χ1v) is 7.56. The van der Waals surface area contributed by atoms with Crippen LogP contribution >= 0.6 is 27.3 Å². The Morgan fingerprint density at radius 1 is 1.53 bits per heavy atom. The molecule has 1 aliphatic rings. The highest BCUT2D eigenvalue weighted by Crippen LogP contribution is 2.21. The van der Waals surface area contributed by atoms with E-state index in [4.69, 9.17) is 0 Å². The van der Waals surface area contributed by atoms with Gasteiger partial charge in [-0.05, 0) is 47.9 Å². The van der Waals surface area contributed by atoms with E-state index >= 15 is 0 Å². The Bertz CT molecular complexity index is 388. The van der Waals surface area contributed by atoms with Gasteiger partial charge in [-0.3, -0.25) is 4.79 Å². The molecule has 0 N–H and O–H groups in total. The van der Waals surface area contributed by atoms with Crippen molar-refractivity contribution in [2.75, 3.05) is 33.2 Å². The number of hydrogen-bond donors (Lipinski definition) is 0. The summed E-state index contributed by atoms with van der Waals surface area (Å²) in [6.45, 7) is 4.18. The monoisotopic (exact) mass is 316 g/mol. The van der Waals surface area contributed by atoms with Crippen LogP contribution in [0.4, 0.5) is 0 Å². The smallest absolute Gasteiger partial charge is 0.254 e. The fourth-order valence-electron chi connectivity index (χ4n) is 2.04. The molecular formula is C12H17BrN2OS. The molecule has 1 aromatic heterocycles. The van der Waals surface area contributed by atoms with E-state index < -0.39 is 0 Å². The van der Waals surface area contributed by atoms with E-state index in [2.05, 4.69) is 20.8 Å². The first kappa shape index (κ1) is 13.1. The predicted octanol–water partition coefficient (Wildman–Crippen LogP) is 2.68. The minimum absolute atomic E-state index is 0.117. The second kappa shape index (κ2) is 5.98. The molecule has 0 spiro atoms. The van der Waals surface area contributed by atoms with Crippen LogP contribution in [0.3, 0.4) is 0 Å². The number of nitrogens with zero attached hydrogens (tertiary/aromatic N) is 2. The molecule has 17 heavy (non-hydrogen) atoms. The summed E-state index contributed by atoms with van der Waals surface area (Å²) in [7, 11) is 1.88. The third kappa shape index (κ3) is 3.53. The third-order valence-electron chi connectivity index (χ3n) is 3.11. The van der Waals surface area contributed by atoms with Gasteiger partial charge in [-0.25, -0.2) is 0 Å². The van der Waals surface area contributed by atoms with Crippen LogP contribution in [-0.2, 0) is 0 Å². The number of amides is 1. The quantitative estimate of drug-likeness (QED) is 0.852. The number of rotatable bonds is 4. The summed E-state index contributed by atoms with van der Waals surface area (Å²) in [5.74, 6) is 0.117. The average molecular weight is 317 g/mol. The molecule has 0 radical (unpaired) electrons. The van der Waals surface area contributed by atoms with Gasteiger partial charge in [0.1, 0.15) is 0 Å². The molecular weight excluding hydrogens is 300 g/mol. The maximum atomic E-state index is 12.1. The number of hydrogen-bond acceptors (Lipinski definition) is 3. The highest BCUT2D eigenvalue weighted by molar-refractivity contribution is 9.11. The molecule has 5 heteroatoms. The molecule has 1 saturated heterocycles. The Balaban J connectivity index is 1.82. The molecule has 3 nitrogen and oxygen atoms in total. The number of likely N-dealkylation sites (tertiary alicyclic amines) is 1. The van der Waals surface area contributed by atoms with E-state index in [1.54, 1.807) is 11.3 Å². The van der Waals surface area contributed by atoms with Gasteiger partial charge in [0, 0.05) is 25.5 Å². The van der Waals surface area contributed by atoms with Crippen molar-refractivity contribution < 1.29 is 4.79 Å². The Hall–Kier alpha value is -0.390. The standard InChI is InChI=1S/C12H17BrN2OS/c1-14(6-7-15-4-2-3-5-15)12(16)10-8-11(13)17-9-10/h8-9H,2-7H2,1H3. The lowest BCUT2D eigenvalue weighted by Crippen LogP contribution is -2.35. The average Bonchev–Trinajstić information content (AvgIpc) is 2.95. The van der Waals surface area contributed by atoms with Crippen LogP contribution in [-0.4, -0.2) is 48.9 Å². The van der Waals surface area contributed by atoms with Crippen LogP contribution in [0.1, 0.15) is 23.2 Å². The lowest BCUT2D eigenvalue weighted by Gasteiger charge is -2.21. The normalized spacial score (nSPS) is 16.4. The van der Waals surface area contributed by atoms with Crippen LogP contribution in [0.2, 0.25) is 0 Å². The number of carbonyl (C=O) groups excluding carboxylic acids is 1. The number of thiophene rings is 1. The topological polar surface area (TPSA) is 23.6 Å². The van der Waals surface area contributed by atoms with Crippen molar-refractivity contribution in [3.05, 3.63) is 20.8 Å². The van der Waals surface area contributed by atoms with Gasteiger partial charge in [0.2, 0.25) is 0 Å². The number of carbonyl (C=O) groups is 1. The zero-order chi connectivity index (χ0) is 12.3. The fourth-order valence-corrected chi connectivity index (χ4v) is 3.17. The molecule has 0 aromatic carbocycles. The Kier molecular flexibility index (Phi) is 4.59. The lowest BCUT2D eigenvalue weighted by molar-refractivity contribution is 0.0783. The lowest BCUT2D eigenvalue weighted by atomic mass is 10.3. The molecule has 1 amide bonds. The van der Waals surface area contributed by atoms with Crippen LogP contribution in [0.25, 0.3) is 0 Å². The van der Waals surface area contributed by atoms with Crippen LogP contribution in [0.5, 0.6) is 0 Å². The van der Waals surface area contributed by atoms with E-state index in [9.17, 15) is 4.79 Å². The van der Waals surface area contributed by atoms with E-state index in [1.807, 2.05) is 23.4 Å². The summed E-state index contributed by atoms with van der Waals surface area (Å²) < 4.78 is 1.01. The molecule has 0 aliphatic carbocycles. The van der Waals surface area contributed by atoms with Gasteiger partial charge in [0.05, 0.1) is 9.35 Å². The van der Waals surface area contributed by atoms with Gasteiger partial charge in [-0.15, -0.1) is 11.3 Å². The highest BCUT2D eigenvalue weighted by atomic mass is 79.9. The molecule has 0 saturated carbocycles. The van der Waals surface area contributed by atoms with E-state index in [-0.39, 0.29) is 5.91 Å². The zero-order valence-corrected chi connectivity index (χ0v) is 12.4. The molecule has 1 fully saturated rings. The van der Waals surface area contributed by atoms with Crippen molar-refractivity contribution in [2.45, 2.75) is 12.8 Å². The summed E-state index contributed by atoms with van der Waals surface area (Å²) in [6, 6.07) is 1.89. The highest BCUT2D eigenvalue weighted by Gasteiger charge is 2.16. The summed E-state index contributed by atoms with van der Waals surface area (Å²) in [6.07, 6.45) is 2.60. The number of likely N-dealkylation sites (N-methyl/N-ethyl adjacent to an activating group) is 1. The maximum Gasteiger partial charge on any atom is 0.254 e. The van der Waals surface area contributed by atoms with Crippen molar-refractivity contribution in [3.8, 4) is 0 Å². The Morgan fingerprint density at radius 3 is 2.82 bits per heavy atom. The van der Waals surface area contributed by atoms with Gasteiger partial charge in [0.25, 0.3) is 5.91 Å². The summed E-state index contributed by atoms with van der Waals surface area (Å²) in [5, 5.41) is 1.90. The fraction of sp³-hybridized carbons (Fsp3) is 0.583. The predicted molar refractivity (Wildman–Crippen MR) is 74.7 cm³/mol. The SMILES string of the molecule is CN(CCN1CCCC1)C(=O)c1csc(Br)c1. The van der Waals surface area contributed by atoms with Crippen LogP contribution < -0.4 is 0 Å². The van der Waals surface area contributed by atoms with Crippen molar-refractivity contribution in [3.63, 3.8) is 0 Å². The molecule has 2 heterocycles. The molecule has 0 atom stereocenters. The largest absolute Gasteiger partial charge is 0.340 e. The Labute approximate surface area is 115 Å². The second-order valence-electron chi connectivity index (χ2n) is 4.41. The first-order chi connectivity index (χ1) is 8.16. The molecule has 0 bridgehead atoms. The number of halogens is 1. The zero-order valence-electron chi connectivity index (χ0n) is 9.99. The van der Waals surface area contributed by atoms with Gasteiger partial charge < -0.3 is 9.80 Å². The van der Waals surface area contributed by atoms with Gasteiger partial charge in [-0.1, -0.05) is 0 Å². The first-order valence-electron chi connectivity index (χ1n) is 5.88. The van der Waals surface area contributed by atoms with E-state index in [1.165, 1.54) is 25.9 Å². The molecule has 0 unspecified atom stereocenters. The van der Waals surface area contributed by atoms with Crippen molar-refractivity contribution in [2.24, 2.45) is 0 Å². The molecule has 2 rings (SSSR count). The van der Waals surface area contributed by atoms with Crippen LogP contribution in [0, 0.1) is 0 Å². The van der Waals surface area contributed by atoms with Crippen LogP contribution in [0.15, 0.2) is 15.2 Å². The van der Waals surface area contributed by atoms with Gasteiger partial charge in [0.15, 0.2) is 0 Å². The maximum absolute atomic E-state index is 12.1. The summed E-state index contributed by atoms with van der Waals surface area (Å²) >= 11 is 4.93. The van der Waals surface area contributed by atoms with Crippen molar-refractivity contribution in [1.29, 1.82) is 0 Å². The van der Waals surface area contributed by atoms with Gasteiger partial charge >= 0.3 is 0 Å². The Morgan fingerprint density at radius 2 is 2.24 bits per heavy atom. The molecule has 1 aromatic rings. The summed E-state index contributed by atoms with van der Waals surface area (Å²) in [4.78, 5) is 16.3. The van der Waals surface area contributed by atoms with E-state index in [0.717, 1.165) is 22.4 Å².